The summed E-state index contributed by atoms with van der Waals surface area (Å²) in [6.45, 7) is 3.84. The molecule has 2 N–H and O–H groups in total. The van der Waals surface area contributed by atoms with Crippen LogP contribution in [0.5, 0.6) is 0 Å². The van der Waals surface area contributed by atoms with Crippen molar-refractivity contribution in [2.45, 2.75) is 52.5 Å². The normalized spacial score (nSPS) is 17.7. The molecule has 0 atom stereocenters. The van der Waals surface area contributed by atoms with Crippen molar-refractivity contribution in [2.75, 3.05) is 0 Å². The first-order chi connectivity index (χ1) is 9.42. The molecular weight excluding hydrogens is 258 g/mol. The first-order valence-corrected chi connectivity index (χ1v) is 7.03. The molecule has 0 spiro atoms. The molecule has 0 unspecified atom stereocenters. The Labute approximate surface area is 118 Å². The number of carboxylic acids is 1. The Kier molecular flexibility index (Phi) is 4.16. The van der Waals surface area contributed by atoms with Crippen LogP contribution in [-0.2, 0) is 11.3 Å². The van der Waals surface area contributed by atoms with Crippen molar-refractivity contribution in [2.24, 2.45) is 5.41 Å². The fraction of sp³-hybridized carbons (Fsp3) is 0.600. The van der Waals surface area contributed by atoms with Crippen LogP contribution in [0.1, 0.15) is 60.9 Å². The molecule has 1 aromatic heterocycles. The second kappa shape index (κ2) is 5.69. The molecule has 0 aromatic carbocycles. The average molecular weight is 279 g/mol. The maximum Gasteiger partial charge on any atom is 0.339 e. The van der Waals surface area contributed by atoms with Gasteiger partial charge < -0.3 is 14.8 Å². The van der Waals surface area contributed by atoms with E-state index in [9.17, 15) is 9.59 Å². The van der Waals surface area contributed by atoms with E-state index in [0.29, 0.717) is 11.5 Å². The third-order valence-electron chi connectivity index (χ3n) is 4.13. The van der Waals surface area contributed by atoms with E-state index in [1.165, 1.54) is 12.5 Å². The van der Waals surface area contributed by atoms with Crippen LogP contribution in [-0.4, -0.2) is 17.0 Å². The van der Waals surface area contributed by atoms with Gasteiger partial charge in [-0.15, -0.1) is 0 Å². The van der Waals surface area contributed by atoms with Crippen LogP contribution >= 0.6 is 0 Å². The Morgan fingerprint density at radius 2 is 2.00 bits per heavy atom. The number of nitrogens with one attached hydrogen (secondary N) is 1. The molecule has 1 aliphatic carbocycles. The maximum absolute atomic E-state index is 12.2. The van der Waals surface area contributed by atoms with Crippen LogP contribution in [0.15, 0.2) is 10.5 Å². The van der Waals surface area contributed by atoms with Crippen molar-refractivity contribution < 1.29 is 19.1 Å². The third kappa shape index (κ3) is 3.03. The fourth-order valence-corrected chi connectivity index (χ4v) is 2.78. The molecule has 1 heterocycles. The van der Waals surface area contributed by atoms with E-state index in [0.717, 1.165) is 25.7 Å². The van der Waals surface area contributed by atoms with E-state index in [1.807, 2.05) is 6.92 Å². The molecule has 0 bridgehead atoms. The van der Waals surface area contributed by atoms with Gasteiger partial charge in [0.2, 0.25) is 5.91 Å². The van der Waals surface area contributed by atoms with Crippen LogP contribution < -0.4 is 5.32 Å². The minimum Gasteiger partial charge on any atom is -0.478 e. The maximum atomic E-state index is 12.2. The monoisotopic (exact) mass is 279 g/mol. The summed E-state index contributed by atoms with van der Waals surface area (Å²) in [5, 5.41) is 11.8. The molecular formula is C15H21NO4. The lowest BCUT2D eigenvalue weighted by atomic mass is 9.75. The molecule has 1 amide bonds. The van der Waals surface area contributed by atoms with Crippen molar-refractivity contribution in [3.05, 3.63) is 23.2 Å². The molecule has 0 radical (unpaired) electrons. The number of hydrogen-bond acceptors (Lipinski definition) is 3. The highest BCUT2D eigenvalue weighted by Gasteiger charge is 2.34. The minimum atomic E-state index is -1.01. The highest BCUT2D eigenvalue weighted by molar-refractivity contribution is 5.88. The minimum absolute atomic E-state index is 0.0307. The summed E-state index contributed by atoms with van der Waals surface area (Å²) in [6.07, 6.45) is 5.20. The first kappa shape index (κ1) is 14.6. The summed E-state index contributed by atoms with van der Waals surface area (Å²) in [6, 6.07) is 1.47. The molecule has 1 saturated carbocycles. The van der Waals surface area contributed by atoms with Crippen LogP contribution in [0.3, 0.4) is 0 Å². The highest BCUT2D eigenvalue weighted by Crippen LogP contribution is 2.35. The second-order valence-electron chi connectivity index (χ2n) is 5.79. The van der Waals surface area contributed by atoms with Gasteiger partial charge in [-0.3, -0.25) is 4.79 Å². The number of amides is 1. The van der Waals surface area contributed by atoms with Crippen LogP contribution in [0, 0.1) is 12.3 Å². The fourth-order valence-electron chi connectivity index (χ4n) is 2.78. The van der Waals surface area contributed by atoms with Crippen molar-refractivity contribution in [3.63, 3.8) is 0 Å². The molecule has 20 heavy (non-hydrogen) atoms. The highest BCUT2D eigenvalue weighted by atomic mass is 16.4. The SMILES string of the molecule is Cc1oc(CNC(=O)C2(C)CCCCC2)cc1C(=O)O. The van der Waals surface area contributed by atoms with Gasteiger partial charge in [-0.2, -0.15) is 0 Å². The lowest BCUT2D eigenvalue weighted by Crippen LogP contribution is -2.39. The van der Waals surface area contributed by atoms with Gasteiger partial charge in [0.15, 0.2) is 0 Å². The molecule has 5 nitrogen and oxygen atoms in total. The number of hydrogen-bond donors (Lipinski definition) is 2. The molecule has 1 fully saturated rings. The predicted molar refractivity (Wildman–Crippen MR) is 73.4 cm³/mol. The number of rotatable bonds is 4. The quantitative estimate of drug-likeness (QED) is 0.888. The largest absolute Gasteiger partial charge is 0.478 e. The number of aromatic carboxylic acids is 1. The topological polar surface area (TPSA) is 79.5 Å². The van der Waals surface area contributed by atoms with Crippen LogP contribution in [0.25, 0.3) is 0 Å². The third-order valence-corrected chi connectivity index (χ3v) is 4.13. The van der Waals surface area contributed by atoms with Gasteiger partial charge in [0.1, 0.15) is 17.1 Å². The zero-order chi connectivity index (χ0) is 14.8. The van der Waals surface area contributed by atoms with Crippen molar-refractivity contribution >= 4 is 11.9 Å². The Morgan fingerprint density at radius 3 is 2.55 bits per heavy atom. The van der Waals surface area contributed by atoms with E-state index in [-0.39, 0.29) is 23.4 Å². The van der Waals surface area contributed by atoms with Gasteiger partial charge in [0.05, 0.1) is 6.54 Å². The van der Waals surface area contributed by atoms with E-state index < -0.39 is 5.97 Å². The lowest BCUT2D eigenvalue weighted by molar-refractivity contribution is -0.132. The summed E-state index contributed by atoms with van der Waals surface area (Å²) in [5.41, 5.74) is -0.145. The van der Waals surface area contributed by atoms with Gasteiger partial charge in [0.25, 0.3) is 0 Å². The number of furan rings is 1. The summed E-state index contributed by atoms with van der Waals surface area (Å²) in [7, 11) is 0. The van der Waals surface area contributed by atoms with Gasteiger partial charge in [-0.05, 0) is 25.8 Å². The predicted octanol–water partition coefficient (Wildman–Crippen LogP) is 2.87. The van der Waals surface area contributed by atoms with Crippen molar-refractivity contribution in [1.29, 1.82) is 0 Å². The molecule has 5 heteroatoms. The lowest BCUT2D eigenvalue weighted by Gasteiger charge is -2.31. The molecule has 0 saturated heterocycles. The Balaban J connectivity index is 1.96. The Bertz CT molecular complexity index is 512. The zero-order valence-electron chi connectivity index (χ0n) is 12.0. The molecule has 0 aliphatic heterocycles. The molecule has 1 aliphatic rings. The summed E-state index contributed by atoms with van der Waals surface area (Å²) in [4.78, 5) is 23.2. The average Bonchev–Trinajstić information content (AvgIpc) is 2.78. The van der Waals surface area contributed by atoms with E-state index in [4.69, 9.17) is 9.52 Å². The zero-order valence-corrected chi connectivity index (χ0v) is 12.0. The van der Waals surface area contributed by atoms with E-state index in [1.54, 1.807) is 6.92 Å². The van der Waals surface area contributed by atoms with E-state index in [2.05, 4.69) is 5.32 Å². The summed E-state index contributed by atoms with van der Waals surface area (Å²) >= 11 is 0. The summed E-state index contributed by atoms with van der Waals surface area (Å²) in [5.74, 6) is -0.135. The van der Waals surface area contributed by atoms with Gasteiger partial charge in [-0.25, -0.2) is 4.79 Å². The number of carbonyl (C=O) groups excluding carboxylic acids is 1. The van der Waals surface area contributed by atoms with Crippen LogP contribution in [0.2, 0.25) is 0 Å². The first-order valence-electron chi connectivity index (χ1n) is 7.03. The van der Waals surface area contributed by atoms with Crippen molar-refractivity contribution in [3.8, 4) is 0 Å². The molecule has 2 rings (SSSR count). The van der Waals surface area contributed by atoms with Crippen LogP contribution in [0.4, 0.5) is 0 Å². The van der Waals surface area contributed by atoms with Gasteiger partial charge in [-0.1, -0.05) is 26.2 Å². The Morgan fingerprint density at radius 1 is 1.35 bits per heavy atom. The van der Waals surface area contributed by atoms with Gasteiger partial charge in [0, 0.05) is 5.41 Å². The second-order valence-corrected chi connectivity index (χ2v) is 5.79. The summed E-state index contributed by atoms with van der Waals surface area (Å²) < 4.78 is 5.35. The molecule has 110 valence electrons. The number of carbonyl (C=O) groups is 2. The standard InChI is InChI=1S/C15H21NO4/c1-10-12(13(17)18)8-11(20-10)9-16-14(19)15(2)6-4-3-5-7-15/h8H,3-7,9H2,1-2H3,(H,16,19)(H,17,18). The van der Waals surface area contributed by atoms with Gasteiger partial charge >= 0.3 is 5.97 Å². The van der Waals surface area contributed by atoms with E-state index >= 15 is 0 Å². The Hall–Kier alpha value is -1.78. The number of aryl methyl sites for hydroxylation is 1. The molecule has 1 aromatic rings. The smallest absolute Gasteiger partial charge is 0.339 e. The van der Waals surface area contributed by atoms with Crippen molar-refractivity contribution in [1.82, 2.24) is 5.32 Å². The number of carboxylic acid groups (broad SMARTS) is 1.